The molecule has 0 spiro atoms. The van der Waals surface area contributed by atoms with Gasteiger partial charge in [-0.25, -0.2) is 23.4 Å². The van der Waals surface area contributed by atoms with Crippen molar-refractivity contribution in [3.63, 3.8) is 0 Å². The zero-order valence-electron chi connectivity index (χ0n) is 25.7. The van der Waals surface area contributed by atoms with E-state index in [0.29, 0.717) is 22.9 Å². The third kappa shape index (κ3) is 4.85. The van der Waals surface area contributed by atoms with Crippen LogP contribution < -0.4 is 5.32 Å². The predicted octanol–water partition coefficient (Wildman–Crippen LogP) is 8.47. The van der Waals surface area contributed by atoms with Gasteiger partial charge in [0.05, 0.1) is 17.1 Å². The van der Waals surface area contributed by atoms with Gasteiger partial charge in [0, 0.05) is 6.04 Å². The Morgan fingerprint density at radius 3 is 1.91 bits per heavy atom. The lowest BCUT2D eigenvalue weighted by Gasteiger charge is -2.42. The van der Waals surface area contributed by atoms with Crippen LogP contribution in [0.4, 0.5) is 14.6 Å². The molecule has 0 saturated heterocycles. The highest BCUT2D eigenvalue weighted by atomic mass is 19.1. The molecule has 0 amide bonds. The van der Waals surface area contributed by atoms with Crippen LogP contribution in [0, 0.1) is 34.8 Å². The molecule has 0 unspecified atom stereocenters. The number of benzene rings is 3. The summed E-state index contributed by atoms with van der Waals surface area (Å²) in [5.41, 5.74) is 2.50. The van der Waals surface area contributed by atoms with Gasteiger partial charge in [-0.05, 0) is 59.9 Å². The van der Waals surface area contributed by atoms with Gasteiger partial charge in [0.2, 0.25) is 0 Å². The van der Waals surface area contributed by atoms with Crippen LogP contribution in [-0.4, -0.2) is 25.8 Å². The molecule has 1 atom stereocenters. The fourth-order valence-corrected chi connectivity index (χ4v) is 7.88. The first-order valence-electron chi connectivity index (χ1n) is 16.1. The van der Waals surface area contributed by atoms with Gasteiger partial charge < -0.3 is 5.32 Å². The monoisotopic (exact) mass is 622 g/mol. The smallest absolute Gasteiger partial charge is 0.166 e. The number of fused-ring (bicyclic) bond motifs is 4. The van der Waals surface area contributed by atoms with Crippen molar-refractivity contribution in [2.75, 3.05) is 5.32 Å². The van der Waals surface area contributed by atoms with E-state index in [2.05, 4.69) is 16.4 Å². The second-order valence-electron chi connectivity index (χ2n) is 12.7. The maximum absolute atomic E-state index is 15.6. The third-order valence-electron chi connectivity index (χ3n) is 10.1. The summed E-state index contributed by atoms with van der Waals surface area (Å²) >= 11 is 0. The Labute approximate surface area is 271 Å². The highest BCUT2D eigenvalue weighted by Crippen LogP contribution is 2.45. The van der Waals surface area contributed by atoms with Crippen LogP contribution in [0.25, 0.3) is 22.4 Å². The van der Waals surface area contributed by atoms with Crippen molar-refractivity contribution >= 4 is 16.9 Å². The Kier molecular flexibility index (Phi) is 7.25. The molecule has 3 heterocycles. The Bertz CT molecular complexity index is 2000. The van der Waals surface area contributed by atoms with Gasteiger partial charge in [0.25, 0.3) is 0 Å². The van der Waals surface area contributed by atoms with Crippen LogP contribution in [0.15, 0.2) is 109 Å². The van der Waals surface area contributed by atoms with Crippen LogP contribution >= 0.6 is 0 Å². The van der Waals surface area contributed by atoms with Crippen molar-refractivity contribution in [3.8, 4) is 17.5 Å². The summed E-state index contributed by atoms with van der Waals surface area (Å²) in [6.45, 7) is 0. The van der Waals surface area contributed by atoms with Crippen LogP contribution in [0.2, 0.25) is 0 Å². The molecular weight excluding hydrogens is 590 g/mol. The number of halogens is 2. The van der Waals surface area contributed by atoms with Gasteiger partial charge in [-0.15, -0.1) is 0 Å². The molecule has 3 aliphatic carbocycles. The summed E-state index contributed by atoms with van der Waals surface area (Å²) < 4.78 is 32.5. The molecule has 1 N–H and O–H groups in total. The lowest BCUT2D eigenvalue weighted by Crippen LogP contribution is -2.40. The second-order valence-corrected chi connectivity index (χ2v) is 12.7. The molecule has 232 valence electrons. The van der Waals surface area contributed by atoms with E-state index >= 15 is 8.78 Å². The standard InChI is InChI=1S/C39H32F2N6/c40-31-22-32-36(35-27(23-42)21-33(41)37(45-35)44-34-20-25-16-18-26(34)19-17-25)46-47(38(32)43-24-31)39(28-10-4-1-5-11-28,29-12-6-2-7-13-29)30-14-8-3-9-15-30/h1-15,21-22,24-26,34H,16-20H2,(H,44,45)/t25?,26?,34-/m1/s1. The van der Waals surface area contributed by atoms with E-state index in [1.54, 1.807) is 4.68 Å². The number of anilines is 1. The van der Waals surface area contributed by atoms with Crippen LogP contribution in [0.5, 0.6) is 0 Å². The van der Waals surface area contributed by atoms with Crippen LogP contribution in [0.3, 0.4) is 0 Å². The molecule has 6 nitrogen and oxygen atoms in total. The number of nitrogens with one attached hydrogen (secondary N) is 1. The lowest BCUT2D eigenvalue weighted by atomic mass is 9.68. The predicted molar refractivity (Wildman–Crippen MR) is 177 cm³/mol. The van der Waals surface area contributed by atoms with Crippen molar-refractivity contribution in [1.29, 1.82) is 5.26 Å². The summed E-state index contributed by atoms with van der Waals surface area (Å²) in [4.78, 5) is 9.36. The first kappa shape index (κ1) is 29.0. The maximum Gasteiger partial charge on any atom is 0.166 e. The van der Waals surface area contributed by atoms with Gasteiger partial charge in [-0.2, -0.15) is 10.4 Å². The molecule has 3 aromatic heterocycles. The molecular formula is C39H32F2N6. The Morgan fingerprint density at radius 2 is 1.38 bits per heavy atom. The van der Waals surface area contributed by atoms with Gasteiger partial charge in [0.1, 0.15) is 28.8 Å². The normalized spacial score (nSPS) is 19.0. The van der Waals surface area contributed by atoms with Crippen molar-refractivity contribution in [2.45, 2.75) is 43.7 Å². The molecule has 6 aromatic rings. The largest absolute Gasteiger partial charge is 0.365 e. The first-order chi connectivity index (χ1) is 23.1. The van der Waals surface area contributed by atoms with E-state index in [0.717, 1.165) is 36.0 Å². The lowest BCUT2D eigenvalue weighted by molar-refractivity contribution is 0.157. The molecule has 47 heavy (non-hydrogen) atoms. The van der Waals surface area contributed by atoms with Crippen LogP contribution in [0.1, 0.15) is 54.4 Å². The number of hydrogen-bond donors (Lipinski definition) is 1. The number of hydrogen-bond acceptors (Lipinski definition) is 5. The highest BCUT2D eigenvalue weighted by molar-refractivity contribution is 5.92. The minimum atomic E-state index is -1.06. The van der Waals surface area contributed by atoms with E-state index in [-0.39, 0.29) is 28.8 Å². The number of pyridine rings is 2. The SMILES string of the molecule is N#Cc1cc(F)c(N[C@@H]2CC3CCC2CC3)nc1-c1nn(C(c2ccccc2)(c2ccccc2)c2ccccc2)c2ncc(F)cc12. The minimum absolute atomic E-state index is 0.0127. The maximum atomic E-state index is 15.6. The number of nitrogens with zero attached hydrogens (tertiary/aromatic N) is 5. The number of nitriles is 1. The molecule has 8 heteroatoms. The minimum Gasteiger partial charge on any atom is -0.365 e. The van der Waals surface area contributed by atoms with Crippen molar-refractivity contribution in [2.24, 2.45) is 11.8 Å². The van der Waals surface area contributed by atoms with Gasteiger partial charge >= 0.3 is 0 Å². The van der Waals surface area contributed by atoms with Crippen molar-refractivity contribution < 1.29 is 8.78 Å². The van der Waals surface area contributed by atoms with Crippen molar-refractivity contribution in [1.82, 2.24) is 19.7 Å². The first-order valence-corrected chi connectivity index (χ1v) is 16.1. The summed E-state index contributed by atoms with van der Waals surface area (Å²) in [6.07, 6.45) is 6.81. The van der Waals surface area contributed by atoms with E-state index in [1.165, 1.54) is 31.2 Å². The Morgan fingerprint density at radius 1 is 0.787 bits per heavy atom. The Hall–Kier alpha value is -5.42. The fraction of sp³-hybridized carbons (Fsp3) is 0.231. The number of aromatic nitrogens is 4. The molecule has 3 saturated carbocycles. The molecule has 3 aliphatic rings. The molecule has 0 radical (unpaired) electrons. The van der Waals surface area contributed by atoms with E-state index < -0.39 is 17.2 Å². The fourth-order valence-electron chi connectivity index (χ4n) is 7.88. The van der Waals surface area contributed by atoms with Crippen molar-refractivity contribution in [3.05, 3.63) is 143 Å². The van der Waals surface area contributed by atoms with Gasteiger partial charge in [-0.3, -0.25) is 0 Å². The van der Waals surface area contributed by atoms with E-state index in [4.69, 9.17) is 10.1 Å². The molecule has 3 aromatic carbocycles. The quantitative estimate of drug-likeness (QED) is 0.181. The molecule has 0 aliphatic heterocycles. The summed E-state index contributed by atoms with van der Waals surface area (Å²) in [7, 11) is 0. The third-order valence-corrected chi connectivity index (χ3v) is 10.1. The van der Waals surface area contributed by atoms with E-state index in [1.807, 2.05) is 91.0 Å². The zero-order valence-corrected chi connectivity index (χ0v) is 25.7. The summed E-state index contributed by atoms with van der Waals surface area (Å²) in [5.74, 6) is 0.0346. The molecule has 9 rings (SSSR count). The van der Waals surface area contributed by atoms with Gasteiger partial charge in [-0.1, -0.05) is 104 Å². The highest BCUT2D eigenvalue weighted by Gasteiger charge is 2.42. The summed E-state index contributed by atoms with van der Waals surface area (Å²) in [6, 6.07) is 34.7. The van der Waals surface area contributed by atoms with Gasteiger partial charge in [0.15, 0.2) is 17.3 Å². The zero-order chi connectivity index (χ0) is 32.0. The summed E-state index contributed by atoms with van der Waals surface area (Å²) in [5, 5.41) is 19.2. The van der Waals surface area contributed by atoms with E-state index in [9.17, 15) is 5.26 Å². The topological polar surface area (TPSA) is 79.4 Å². The number of rotatable bonds is 7. The Balaban J connectivity index is 1.40. The molecule has 2 bridgehead atoms. The molecule has 3 fully saturated rings. The second kappa shape index (κ2) is 11.7. The van der Waals surface area contributed by atoms with Crippen LogP contribution in [-0.2, 0) is 5.54 Å². The average molecular weight is 623 g/mol. The average Bonchev–Trinajstić information content (AvgIpc) is 3.49.